The molecular formula is C20H17N3O2S. The van der Waals surface area contributed by atoms with Crippen LogP contribution in [0, 0.1) is 0 Å². The van der Waals surface area contributed by atoms with Crippen molar-refractivity contribution in [3.63, 3.8) is 0 Å². The average molecular weight is 363 g/mol. The Labute approximate surface area is 154 Å². The third kappa shape index (κ3) is 3.23. The standard InChI is InChI=1S/C20H17N3O2S/c1-23(2)14-5-3-13(4-6-14)17(24)11-15-7-8-19(26-15)20-22-16-12-21-10-9-18(16)25-20/h3-10,12H,11H2,1-2H3. The van der Waals surface area contributed by atoms with Crippen molar-refractivity contribution < 1.29 is 9.21 Å². The molecule has 0 unspecified atom stereocenters. The van der Waals surface area contributed by atoms with Gasteiger partial charge in [-0.1, -0.05) is 0 Å². The average Bonchev–Trinajstić information content (AvgIpc) is 3.28. The third-order valence-corrected chi connectivity index (χ3v) is 5.18. The van der Waals surface area contributed by atoms with E-state index in [0.29, 0.717) is 17.9 Å². The largest absolute Gasteiger partial charge is 0.435 e. The maximum atomic E-state index is 12.5. The van der Waals surface area contributed by atoms with Gasteiger partial charge in [-0.2, -0.15) is 0 Å². The van der Waals surface area contributed by atoms with Gasteiger partial charge in [0.15, 0.2) is 11.4 Å². The lowest BCUT2D eigenvalue weighted by Crippen LogP contribution is -2.09. The highest BCUT2D eigenvalue weighted by Gasteiger charge is 2.13. The molecule has 3 heterocycles. The maximum absolute atomic E-state index is 12.5. The smallest absolute Gasteiger partial charge is 0.237 e. The van der Waals surface area contributed by atoms with Crippen LogP contribution < -0.4 is 4.90 Å². The molecule has 0 spiro atoms. The Morgan fingerprint density at radius 2 is 1.92 bits per heavy atom. The number of aromatic nitrogens is 2. The quantitative estimate of drug-likeness (QED) is 0.491. The zero-order chi connectivity index (χ0) is 18.1. The first-order valence-electron chi connectivity index (χ1n) is 8.20. The van der Waals surface area contributed by atoms with Crippen molar-refractivity contribution in [3.8, 4) is 10.8 Å². The molecule has 0 amide bonds. The predicted octanol–water partition coefficient (Wildman–Crippen LogP) is 4.44. The Kier molecular flexibility index (Phi) is 4.26. The number of Topliss-reactive ketones (excluding diaryl/α,β-unsaturated/α-hetero) is 1. The van der Waals surface area contributed by atoms with Crippen LogP contribution in [0.25, 0.3) is 21.9 Å². The summed E-state index contributed by atoms with van der Waals surface area (Å²) in [5, 5.41) is 0. The molecule has 6 heteroatoms. The molecule has 0 aliphatic heterocycles. The van der Waals surface area contributed by atoms with Crippen LogP contribution in [0.2, 0.25) is 0 Å². The van der Waals surface area contributed by atoms with Gasteiger partial charge in [0.2, 0.25) is 5.89 Å². The SMILES string of the molecule is CN(C)c1ccc(C(=O)Cc2ccc(-c3nc4cnccc4o3)s2)cc1. The molecule has 0 saturated heterocycles. The van der Waals surface area contributed by atoms with Crippen LogP contribution in [0.1, 0.15) is 15.2 Å². The number of pyridine rings is 1. The lowest BCUT2D eigenvalue weighted by atomic mass is 10.1. The predicted molar refractivity (Wildman–Crippen MR) is 104 cm³/mol. The van der Waals surface area contributed by atoms with Crippen molar-refractivity contribution in [3.05, 3.63) is 65.3 Å². The molecule has 0 aliphatic rings. The van der Waals surface area contributed by atoms with Gasteiger partial charge in [0, 0.05) is 48.9 Å². The van der Waals surface area contributed by atoms with Gasteiger partial charge in [-0.05, 0) is 36.4 Å². The van der Waals surface area contributed by atoms with E-state index in [1.54, 1.807) is 18.5 Å². The molecule has 130 valence electrons. The van der Waals surface area contributed by atoms with Crippen molar-refractivity contribution in [2.75, 3.05) is 19.0 Å². The van der Waals surface area contributed by atoms with E-state index in [4.69, 9.17) is 4.42 Å². The summed E-state index contributed by atoms with van der Waals surface area (Å²) in [5.74, 6) is 0.664. The minimum Gasteiger partial charge on any atom is -0.435 e. The first-order chi connectivity index (χ1) is 12.6. The van der Waals surface area contributed by atoms with E-state index in [2.05, 4.69) is 9.97 Å². The number of anilines is 1. The number of ketones is 1. The first kappa shape index (κ1) is 16.5. The topological polar surface area (TPSA) is 59.2 Å². The normalized spacial score (nSPS) is 11.0. The molecule has 4 rings (SSSR count). The molecule has 3 aromatic heterocycles. The summed E-state index contributed by atoms with van der Waals surface area (Å²) in [6.45, 7) is 0. The number of nitrogens with zero attached hydrogens (tertiary/aromatic N) is 3. The van der Waals surface area contributed by atoms with E-state index in [-0.39, 0.29) is 5.78 Å². The van der Waals surface area contributed by atoms with E-state index in [1.807, 2.05) is 55.4 Å². The number of hydrogen-bond donors (Lipinski definition) is 0. The molecule has 0 aliphatic carbocycles. The van der Waals surface area contributed by atoms with Crippen molar-refractivity contribution >= 4 is 33.9 Å². The second-order valence-electron chi connectivity index (χ2n) is 6.17. The number of fused-ring (bicyclic) bond motifs is 1. The number of hydrogen-bond acceptors (Lipinski definition) is 6. The van der Waals surface area contributed by atoms with Crippen molar-refractivity contribution in [2.45, 2.75) is 6.42 Å². The summed E-state index contributed by atoms with van der Waals surface area (Å²) in [6, 6.07) is 13.4. The summed E-state index contributed by atoms with van der Waals surface area (Å²) in [7, 11) is 3.96. The van der Waals surface area contributed by atoms with E-state index in [9.17, 15) is 4.79 Å². The molecule has 0 bridgehead atoms. The van der Waals surface area contributed by atoms with Gasteiger partial charge >= 0.3 is 0 Å². The summed E-state index contributed by atoms with van der Waals surface area (Å²) in [5.41, 5.74) is 3.24. The minimum atomic E-state index is 0.102. The molecule has 26 heavy (non-hydrogen) atoms. The van der Waals surface area contributed by atoms with Crippen molar-refractivity contribution in [1.29, 1.82) is 0 Å². The Hall–Kier alpha value is -2.99. The monoisotopic (exact) mass is 363 g/mol. The second kappa shape index (κ2) is 6.72. The van der Waals surface area contributed by atoms with Crippen LogP contribution in [-0.2, 0) is 6.42 Å². The van der Waals surface area contributed by atoms with Gasteiger partial charge in [-0.15, -0.1) is 11.3 Å². The van der Waals surface area contributed by atoms with Gasteiger partial charge in [0.25, 0.3) is 0 Å². The molecule has 0 N–H and O–H groups in total. The van der Waals surface area contributed by atoms with Crippen molar-refractivity contribution in [2.24, 2.45) is 0 Å². The van der Waals surface area contributed by atoms with Gasteiger partial charge in [-0.3, -0.25) is 9.78 Å². The molecule has 4 aromatic rings. The number of carbonyl (C=O) groups excluding carboxylic acids is 1. The van der Waals surface area contributed by atoms with Crippen LogP contribution in [0.5, 0.6) is 0 Å². The molecule has 0 atom stereocenters. The Balaban J connectivity index is 1.51. The highest BCUT2D eigenvalue weighted by Crippen LogP contribution is 2.30. The van der Waals surface area contributed by atoms with Crippen LogP contribution in [-0.4, -0.2) is 29.8 Å². The molecule has 1 aromatic carbocycles. The molecule has 5 nitrogen and oxygen atoms in total. The Morgan fingerprint density at radius 1 is 1.12 bits per heavy atom. The summed E-state index contributed by atoms with van der Waals surface area (Å²) < 4.78 is 5.76. The second-order valence-corrected chi connectivity index (χ2v) is 7.34. The summed E-state index contributed by atoms with van der Waals surface area (Å²) in [4.78, 5) is 24.9. The van der Waals surface area contributed by atoms with E-state index < -0.39 is 0 Å². The molecular weight excluding hydrogens is 346 g/mol. The molecule has 0 fully saturated rings. The van der Waals surface area contributed by atoms with E-state index >= 15 is 0 Å². The Bertz CT molecular complexity index is 1030. The zero-order valence-electron chi connectivity index (χ0n) is 14.5. The van der Waals surface area contributed by atoms with Gasteiger partial charge in [0.1, 0.15) is 5.52 Å². The minimum absolute atomic E-state index is 0.102. The number of thiophene rings is 1. The molecule has 0 radical (unpaired) electrons. The lowest BCUT2D eigenvalue weighted by Gasteiger charge is -2.12. The summed E-state index contributed by atoms with van der Waals surface area (Å²) in [6.07, 6.45) is 3.73. The van der Waals surface area contributed by atoms with Crippen LogP contribution in [0.4, 0.5) is 5.69 Å². The first-order valence-corrected chi connectivity index (χ1v) is 9.02. The highest BCUT2D eigenvalue weighted by atomic mass is 32.1. The maximum Gasteiger partial charge on any atom is 0.237 e. The van der Waals surface area contributed by atoms with E-state index in [1.165, 1.54) is 11.3 Å². The fraction of sp³-hybridized carbons (Fsp3) is 0.150. The van der Waals surface area contributed by atoms with Gasteiger partial charge in [0.05, 0.1) is 11.1 Å². The van der Waals surface area contributed by atoms with Gasteiger partial charge < -0.3 is 9.32 Å². The van der Waals surface area contributed by atoms with Crippen LogP contribution in [0.15, 0.2) is 59.3 Å². The highest BCUT2D eigenvalue weighted by molar-refractivity contribution is 7.15. The number of rotatable bonds is 5. The lowest BCUT2D eigenvalue weighted by molar-refractivity contribution is 0.0994. The molecule has 0 saturated carbocycles. The fourth-order valence-electron chi connectivity index (χ4n) is 2.68. The van der Waals surface area contributed by atoms with Crippen LogP contribution in [0.3, 0.4) is 0 Å². The van der Waals surface area contributed by atoms with Gasteiger partial charge in [-0.25, -0.2) is 4.98 Å². The fourth-order valence-corrected chi connectivity index (χ4v) is 3.61. The number of benzene rings is 1. The van der Waals surface area contributed by atoms with Crippen LogP contribution >= 0.6 is 11.3 Å². The number of oxazole rings is 1. The third-order valence-electron chi connectivity index (χ3n) is 4.10. The van der Waals surface area contributed by atoms with E-state index in [0.717, 1.165) is 26.5 Å². The zero-order valence-corrected chi connectivity index (χ0v) is 15.3. The Morgan fingerprint density at radius 3 is 2.65 bits per heavy atom. The van der Waals surface area contributed by atoms with Crippen molar-refractivity contribution in [1.82, 2.24) is 9.97 Å². The number of carbonyl (C=O) groups is 1. The summed E-state index contributed by atoms with van der Waals surface area (Å²) >= 11 is 1.53.